The molecule has 0 saturated heterocycles. The maximum absolute atomic E-state index is 12.3. The molecule has 0 aliphatic carbocycles. The molecule has 20 heavy (non-hydrogen) atoms. The first-order valence-corrected chi connectivity index (χ1v) is 6.86. The molecule has 5 nitrogen and oxygen atoms in total. The van der Waals surface area contributed by atoms with Gasteiger partial charge >= 0.3 is 5.69 Å². The molecule has 5 heteroatoms. The lowest BCUT2D eigenvalue weighted by Gasteiger charge is -2.13. The van der Waals surface area contributed by atoms with Gasteiger partial charge in [-0.05, 0) is 37.5 Å². The summed E-state index contributed by atoms with van der Waals surface area (Å²) in [7, 11) is 0. The average molecular weight is 275 g/mol. The summed E-state index contributed by atoms with van der Waals surface area (Å²) in [5.74, 6) is 0.457. The van der Waals surface area contributed by atoms with Crippen LogP contribution >= 0.6 is 0 Å². The van der Waals surface area contributed by atoms with E-state index in [0.29, 0.717) is 5.92 Å². The summed E-state index contributed by atoms with van der Waals surface area (Å²) < 4.78 is 2.80. The smallest absolute Gasteiger partial charge is 0.350 e. The van der Waals surface area contributed by atoms with Crippen LogP contribution in [0, 0.1) is 0 Å². The van der Waals surface area contributed by atoms with Gasteiger partial charge in [0.15, 0.2) is 0 Å². The Morgan fingerprint density at radius 2 is 1.70 bits per heavy atom. The Bertz CT molecular complexity index is 623. The summed E-state index contributed by atoms with van der Waals surface area (Å²) in [6.07, 6.45) is 0.866. The van der Waals surface area contributed by atoms with E-state index in [0.717, 1.165) is 5.69 Å². The van der Waals surface area contributed by atoms with Gasteiger partial charge in [-0.2, -0.15) is 5.10 Å². The van der Waals surface area contributed by atoms with Crippen LogP contribution in [0.2, 0.25) is 0 Å². The SMILES string of the molecule is CC(C)c1ccc(-n2cnn(C(C)C(C)O)c2=O)cc1. The molecule has 2 rings (SSSR count). The molecule has 2 aromatic rings. The van der Waals surface area contributed by atoms with Crippen molar-refractivity contribution in [2.45, 2.75) is 45.8 Å². The van der Waals surface area contributed by atoms with Crippen LogP contribution in [0.25, 0.3) is 5.69 Å². The van der Waals surface area contributed by atoms with E-state index in [1.54, 1.807) is 13.8 Å². The zero-order chi connectivity index (χ0) is 14.9. The number of hydrogen-bond acceptors (Lipinski definition) is 3. The molecule has 0 bridgehead atoms. The van der Waals surface area contributed by atoms with Crippen molar-refractivity contribution < 1.29 is 5.11 Å². The zero-order valence-corrected chi connectivity index (χ0v) is 12.3. The standard InChI is InChI=1S/C15H21N3O2/c1-10(2)13-5-7-14(8-6-13)17-9-16-18(15(17)20)11(3)12(4)19/h5-12,19H,1-4H3. The highest BCUT2D eigenvalue weighted by atomic mass is 16.3. The van der Waals surface area contributed by atoms with E-state index in [9.17, 15) is 9.90 Å². The van der Waals surface area contributed by atoms with Gasteiger partial charge < -0.3 is 5.11 Å². The van der Waals surface area contributed by atoms with Crippen LogP contribution in [-0.2, 0) is 0 Å². The molecule has 1 aromatic carbocycles. The van der Waals surface area contributed by atoms with E-state index in [-0.39, 0.29) is 11.7 Å². The van der Waals surface area contributed by atoms with Crippen LogP contribution in [0.4, 0.5) is 0 Å². The van der Waals surface area contributed by atoms with E-state index in [2.05, 4.69) is 18.9 Å². The van der Waals surface area contributed by atoms with Crippen molar-refractivity contribution in [2.24, 2.45) is 0 Å². The molecular weight excluding hydrogens is 254 g/mol. The zero-order valence-electron chi connectivity index (χ0n) is 12.3. The van der Waals surface area contributed by atoms with Gasteiger partial charge in [0.2, 0.25) is 0 Å². The van der Waals surface area contributed by atoms with Gasteiger partial charge in [-0.3, -0.25) is 0 Å². The molecule has 0 radical (unpaired) electrons. The predicted octanol–water partition coefficient (Wildman–Crippen LogP) is 2.10. The van der Waals surface area contributed by atoms with Crippen LogP contribution in [0.3, 0.4) is 0 Å². The van der Waals surface area contributed by atoms with Crippen molar-refractivity contribution in [1.82, 2.24) is 14.3 Å². The molecule has 0 saturated carbocycles. The van der Waals surface area contributed by atoms with Crippen molar-refractivity contribution in [3.8, 4) is 5.69 Å². The molecule has 0 spiro atoms. The maximum Gasteiger partial charge on any atom is 0.350 e. The quantitative estimate of drug-likeness (QED) is 0.929. The summed E-state index contributed by atoms with van der Waals surface area (Å²) in [6.45, 7) is 7.67. The normalized spacial score (nSPS) is 14.5. The third-order valence-electron chi connectivity index (χ3n) is 3.62. The maximum atomic E-state index is 12.3. The Morgan fingerprint density at radius 1 is 1.10 bits per heavy atom. The molecule has 0 aliphatic rings. The fourth-order valence-electron chi connectivity index (χ4n) is 2.00. The summed E-state index contributed by atoms with van der Waals surface area (Å²) in [5, 5.41) is 13.6. The highest BCUT2D eigenvalue weighted by Crippen LogP contribution is 2.16. The van der Waals surface area contributed by atoms with Crippen molar-refractivity contribution >= 4 is 0 Å². The van der Waals surface area contributed by atoms with Gasteiger partial charge in [-0.1, -0.05) is 26.0 Å². The minimum atomic E-state index is -0.626. The predicted molar refractivity (Wildman–Crippen MR) is 78.3 cm³/mol. The summed E-state index contributed by atoms with van der Waals surface area (Å²) >= 11 is 0. The molecule has 0 amide bonds. The van der Waals surface area contributed by atoms with Crippen LogP contribution in [0.5, 0.6) is 0 Å². The lowest BCUT2D eigenvalue weighted by Crippen LogP contribution is -2.31. The van der Waals surface area contributed by atoms with Crippen LogP contribution < -0.4 is 5.69 Å². The Hall–Kier alpha value is -1.88. The first-order valence-electron chi connectivity index (χ1n) is 6.86. The number of aliphatic hydroxyl groups is 1. The molecule has 2 unspecified atom stereocenters. The van der Waals surface area contributed by atoms with Gasteiger partial charge in [0, 0.05) is 0 Å². The van der Waals surface area contributed by atoms with Crippen molar-refractivity contribution in [3.05, 3.63) is 46.6 Å². The van der Waals surface area contributed by atoms with Crippen molar-refractivity contribution in [1.29, 1.82) is 0 Å². The van der Waals surface area contributed by atoms with E-state index in [1.165, 1.54) is 21.1 Å². The largest absolute Gasteiger partial charge is 0.391 e. The number of nitrogens with zero attached hydrogens (tertiary/aromatic N) is 3. The number of aliphatic hydroxyl groups excluding tert-OH is 1. The topological polar surface area (TPSA) is 60.1 Å². The van der Waals surface area contributed by atoms with Crippen molar-refractivity contribution in [2.75, 3.05) is 0 Å². The number of rotatable bonds is 4. The first-order chi connectivity index (χ1) is 9.41. The minimum absolute atomic E-state index is 0.240. The van der Waals surface area contributed by atoms with E-state index < -0.39 is 6.10 Å². The van der Waals surface area contributed by atoms with Crippen molar-refractivity contribution in [3.63, 3.8) is 0 Å². The third-order valence-corrected chi connectivity index (χ3v) is 3.62. The number of hydrogen-bond donors (Lipinski definition) is 1. The molecule has 108 valence electrons. The second kappa shape index (κ2) is 5.63. The molecule has 0 aliphatic heterocycles. The summed E-state index contributed by atoms with van der Waals surface area (Å²) in [5.41, 5.74) is 1.77. The molecule has 1 aromatic heterocycles. The Morgan fingerprint density at radius 3 is 2.20 bits per heavy atom. The van der Waals surface area contributed by atoms with Gasteiger partial charge in [-0.15, -0.1) is 0 Å². The highest BCUT2D eigenvalue weighted by molar-refractivity contribution is 5.35. The van der Waals surface area contributed by atoms with Crippen LogP contribution in [0.15, 0.2) is 35.4 Å². The fourth-order valence-corrected chi connectivity index (χ4v) is 2.00. The second-order valence-corrected chi connectivity index (χ2v) is 5.46. The molecule has 1 heterocycles. The molecule has 1 N–H and O–H groups in total. The molecule has 0 fully saturated rings. The summed E-state index contributed by atoms with van der Waals surface area (Å²) in [6, 6.07) is 7.51. The average Bonchev–Trinajstić information content (AvgIpc) is 2.79. The molecule has 2 atom stereocenters. The lowest BCUT2D eigenvalue weighted by atomic mass is 10.0. The van der Waals surface area contributed by atoms with E-state index in [4.69, 9.17) is 0 Å². The Balaban J connectivity index is 2.37. The second-order valence-electron chi connectivity index (χ2n) is 5.46. The summed E-state index contributed by atoms with van der Waals surface area (Å²) in [4.78, 5) is 12.3. The van der Waals surface area contributed by atoms with Crippen LogP contribution in [-0.4, -0.2) is 25.6 Å². The van der Waals surface area contributed by atoms with E-state index in [1.807, 2.05) is 24.3 Å². The van der Waals surface area contributed by atoms with Gasteiger partial charge in [0.05, 0.1) is 17.8 Å². The third kappa shape index (κ3) is 2.67. The van der Waals surface area contributed by atoms with Gasteiger partial charge in [0.25, 0.3) is 0 Å². The minimum Gasteiger partial charge on any atom is -0.391 e. The van der Waals surface area contributed by atoms with E-state index >= 15 is 0 Å². The Labute approximate surface area is 118 Å². The lowest BCUT2D eigenvalue weighted by molar-refractivity contribution is 0.130. The van der Waals surface area contributed by atoms with Gasteiger partial charge in [0.1, 0.15) is 6.33 Å². The number of benzene rings is 1. The molecular formula is C15H21N3O2. The number of aromatic nitrogens is 3. The highest BCUT2D eigenvalue weighted by Gasteiger charge is 2.16. The Kier molecular flexibility index (Phi) is 4.09. The fraction of sp³-hybridized carbons (Fsp3) is 0.467. The van der Waals surface area contributed by atoms with Crippen LogP contribution in [0.1, 0.15) is 45.2 Å². The monoisotopic (exact) mass is 275 g/mol. The van der Waals surface area contributed by atoms with Gasteiger partial charge in [-0.25, -0.2) is 14.0 Å². The first kappa shape index (κ1) is 14.5.